The van der Waals surface area contributed by atoms with Crippen LogP contribution in [-0.2, 0) is 6.54 Å². The summed E-state index contributed by atoms with van der Waals surface area (Å²) >= 11 is 0. The second-order valence-corrected chi connectivity index (χ2v) is 3.51. The second kappa shape index (κ2) is 4.57. The number of hydrogen-bond donors (Lipinski definition) is 4. The molecule has 2 heterocycles. The molecule has 2 aromatic rings. The van der Waals surface area contributed by atoms with Gasteiger partial charge in [0.1, 0.15) is 5.82 Å². The van der Waals surface area contributed by atoms with E-state index in [4.69, 9.17) is 5.73 Å². The van der Waals surface area contributed by atoms with Gasteiger partial charge in [0.2, 0.25) is 0 Å². The molecule has 2 rings (SSSR count). The van der Waals surface area contributed by atoms with Crippen molar-refractivity contribution < 1.29 is 9.72 Å². The highest BCUT2D eigenvalue weighted by atomic mass is 16.6. The maximum absolute atomic E-state index is 11.7. The molecule has 0 atom stereocenters. The summed E-state index contributed by atoms with van der Waals surface area (Å²) in [6.07, 6.45) is 1.49. The molecule has 0 unspecified atom stereocenters. The first-order valence-corrected chi connectivity index (χ1v) is 4.97. The number of anilines is 1. The highest BCUT2D eigenvalue weighted by Crippen LogP contribution is 2.10. The Balaban J connectivity index is 1.99. The number of H-pyrrole nitrogens is 2. The molecule has 0 radical (unpaired) electrons. The van der Waals surface area contributed by atoms with Crippen LogP contribution in [0, 0.1) is 10.1 Å². The van der Waals surface area contributed by atoms with Gasteiger partial charge in [0.25, 0.3) is 5.91 Å². The molecule has 9 nitrogen and oxygen atoms in total. The zero-order chi connectivity index (χ0) is 13.1. The lowest BCUT2D eigenvalue weighted by atomic mass is 10.3. The van der Waals surface area contributed by atoms with Crippen molar-refractivity contribution in [2.75, 3.05) is 5.73 Å². The molecule has 0 aromatic carbocycles. The number of aromatic amines is 2. The van der Waals surface area contributed by atoms with Gasteiger partial charge in [-0.05, 0) is 11.0 Å². The van der Waals surface area contributed by atoms with Crippen molar-refractivity contribution in [2.45, 2.75) is 6.54 Å². The van der Waals surface area contributed by atoms with E-state index in [1.807, 2.05) is 0 Å². The predicted octanol–water partition coefficient (Wildman–Crippen LogP) is 0.158. The Morgan fingerprint density at radius 1 is 1.56 bits per heavy atom. The molecule has 94 valence electrons. The Hall–Kier alpha value is -2.84. The first-order chi connectivity index (χ1) is 8.58. The summed E-state index contributed by atoms with van der Waals surface area (Å²) in [5.41, 5.74) is 6.30. The van der Waals surface area contributed by atoms with Crippen LogP contribution in [0.1, 0.15) is 16.1 Å². The first kappa shape index (κ1) is 11.6. The number of amides is 1. The van der Waals surface area contributed by atoms with Gasteiger partial charge >= 0.3 is 5.82 Å². The van der Waals surface area contributed by atoms with Gasteiger partial charge in [0.05, 0.1) is 6.20 Å². The predicted molar refractivity (Wildman–Crippen MR) is 61.6 cm³/mol. The van der Waals surface area contributed by atoms with Crippen molar-refractivity contribution in [1.82, 2.24) is 20.5 Å². The van der Waals surface area contributed by atoms with Crippen LogP contribution in [0.3, 0.4) is 0 Å². The van der Waals surface area contributed by atoms with Crippen molar-refractivity contribution in [3.8, 4) is 0 Å². The largest absolute Gasteiger partial charge is 0.384 e. The first-order valence-electron chi connectivity index (χ1n) is 4.97. The van der Waals surface area contributed by atoms with Crippen LogP contribution in [0.2, 0.25) is 0 Å². The van der Waals surface area contributed by atoms with Crippen LogP contribution in [0.25, 0.3) is 0 Å². The highest BCUT2D eigenvalue weighted by Gasteiger charge is 2.15. The van der Waals surface area contributed by atoms with Crippen molar-refractivity contribution in [1.29, 1.82) is 0 Å². The van der Waals surface area contributed by atoms with Gasteiger partial charge in [-0.25, -0.2) is 4.98 Å². The van der Waals surface area contributed by atoms with Crippen molar-refractivity contribution in [3.63, 3.8) is 0 Å². The number of nitrogens with two attached hydrogens (primary N) is 1. The third-order valence-electron chi connectivity index (χ3n) is 2.30. The molecule has 0 saturated heterocycles. The van der Waals surface area contributed by atoms with E-state index < -0.39 is 10.8 Å². The number of hydrogen-bond acceptors (Lipinski definition) is 5. The van der Waals surface area contributed by atoms with E-state index in [0.29, 0.717) is 11.4 Å². The summed E-state index contributed by atoms with van der Waals surface area (Å²) in [4.78, 5) is 23.9. The van der Waals surface area contributed by atoms with Gasteiger partial charge in [-0.15, -0.1) is 0 Å². The summed E-state index contributed by atoms with van der Waals surface area (Å²) in [6.45, 7) is 0.188. The molecular weight excluding hydrogens is 240 g/mol. The van der Waals surface area contributed by atoms with E-state index in [-0.39, 0.29) is 18.1 Å². The number of nitrogens with zero attached hydrogens (tertiary/aromatic N) is 2. The summed E-state index contributed by atoms with van der Waals surface area (Å²) in [5, 5.41) is 19.2. The normalized spacial score (nSPS) is 10.2. The fourth-order valence-corrected chi connectivity index (χ4v) is 1.36. The van der Waals surface area contributed by atoms with Crippen LogP contribution in [-0.4, -0.2) is 26.0 Å². The van der Waals surface area contributed by atoms with Crippen molar-refractivity contribution in [2.24, 2.45) is 0 Å². The average Bonchev–Trinajstić information content (AvgIpc) is 2.94. The molecule has 0 fully saturated rings. The van der Waals surface area contributed by atoms with Gasteiger partial charge in [-0.2, -0.15) is 5.10 Å². The molecular formula is C9H10N6O3. The van der Waals surface area contributed by atoms with E-state index in [0.717, 1.165) is 0 Å². The van der Waals surface area contributed by atoms with Gasteiger partial charge in [0, 0.05) is 18.2 Å². The smallest absolute Gasteiger partial charge is 0.321 e. The van der Waals surface area contributed by atoms with Crippen LogP contribution < -0.4 is 11.1 Å². The zero-order valence-corrected chi connectivity index (χ0v) is 9.14. The standard InChI is InChI=1S/C9H10N6O3/c10-8-5(4-12-14-8)3-11-9(16)6-1-2-7(13-6)15(17)18/h1-2,4,13H,3H2,(H,11,16)(H3,10,12,14). The zero-order valence-electron chi connectivity index (χ0n) is 9.14. The summed E-state index contributed by atoms with van der Waals surface area (Å²) in [7, 11) is 0. The lowest BCUT2D eigenvalue weighted by Crippen LogP contribution is -2.23. The SMILES string of the molecule is Nc1[nH]ncc1CNC(=O)c1ccc([N+](=O)[O-])[nH]1. The van der Waals surface area contributed by atoms with E-state index in [1.165, 1.54) is 18.3 Å². The third-order valence-corrected chi connectivity index (χ3v) is 2.30. The Morgan fingerprint density at radius 2 is 2.33 bits per heavy atom. The summed E-state index contributed by atoms with van der Waals surface area (Å²) in [6, 6.07) is 2.56. The van der Waals surface area contributed by atoms with E-state index in [2.05, 4.69) is 20.5 Å². The van der Waals surface area contributed by atoms with Crippen LogP contribution in [0.5, 0.6) is 0 Å². The number of carbonyl (C=O) groups is 1. The van der Waals surface area contributed by atoms with Crippen LogP contribution in [0.4, 0.5) is 11.6 Å². The highest BCUT2D eigenvalue weighted by molar-refractivity contribution is 5.92. The fraction of sp³-hybridized carbons (Fsp3) is 0.111. The number of nitrogens with one attached hydrogen (secondary N) is 3. The molecule has 0 spiro atoms. The molecule has 0 bridgehead atoms. The maximum Gasteiger partial charge on any atom is 0.321 e. The summed E-state index contributed by atoms with van der Waals surface area (Å²) in [5.74, 6) is -0.320. The molecule has 9 heteroatoms. The minimum Gasteiger partial charge on any atom is -0.384 e. The number of aromatic nitrogens is 3. The summed E-state index contributed by atoms with van der Waals surface area (Å²) < 4.78 is 0. The Morgan fingerprint density at radius 3 is 2.89 bits per heavy atom. The monoisotopic (exact) mass is 250 g/mol. The van der Waals surface area contributed by atoms with Gasteiger partial charge in [0.15, 0.2) is 5.69 Å². The van der Waals surface area contributed by atoms with E-state index >= 15 is 0 Å². The van der Waals surface area contributed by atoms with Crippen molar-refractivity contribution in [3.05, 3.63) is 39.7 Å². The Labute approximate surface area is 101 Å². The second-order valence-electron chi connectivity index (χ2n) is 3.51. The quantitative estimate of drug-likeness (QED) is 0.451. The Kier molecular flexibility index (Phi) is 2.96. The maximum atomic E-state index is 11.7. The molecule has 5 N–H and O–H groups in total. The van der Waals surface area contributed by atoms with Crippen LogP contribution >= 0.6 is 0 Å². The van der Waals surface area contributed by atoms with Gasteiger partial charge in [-0.3, -0.25) is 9.89 Å². The minimum atomic E-state index is -0.606. The van der Waals surface area contributed by atoms with E-state index in [1.54, 1.807) is 0 Å². The fourth-order valence-electron chi connectivity index (χ4n) is 1.36. The van der Waals surface area contributed by atoms with Crippen LogP contribution in [0.15, 0.2) is 18.3 Å². The molecule has 0 aliphatic carbocycles. The van der Waals surface area contributed by atoms with Gasteiger partial charge in [-0.1, -0.05) is 0 Å². The lowest BCUT2D eigenvalue weighted by Gasteiger charge is -2.00. The number of rotatable bonds is 4. The topological polar surface area (TPSA) is 143 Å². The van der Waals surface area contributed by atoms with Gasteiger partial charge < -0.3 is 21.2 Å². The Bertz CT molecular complexity index is 587. The van der Waals surface area contributed by atoms with E-state index in [9.17, 15) is 14.9 Å². The molecule has 18 heavy (non-hydrogen) atoms. The average molecular weight is 250 g/mol. The minimum absolute atomic E-state index is 0.115. The number of nitro groups is 1. The molecule has 0 aliphatic heterocycles. The lowest BCUT2D eigenvalue weighted by molar-refractivity contribution is -0.389. The molecule has 1 amide bonds. The molecule has 0 saturated carbocycles. The number of nitrogen functional groups attached to an aromatic ring is 1. The molecule has 0 aliphatic rings. The molecule has 2 aromatic heterocycles. The number of carbonyl (C=O) groups excluding carboxylic acids is 1. The third kappa shape index (κ3) is 2.29. The van der Waals surface area contributed by atoms with Crippen molar-refractivity contribution >= 4 is 17.5 Å².